The monoisotopic (exact) mass is 358 g/mol. The molecule has 0 aliphatic rings. The molecule has 0 spiro atoms. The van der Waals surface area contributed by atoms with E-state index in [1.165, 1.54) is 0 Å². The van der Waals surface area contributed by atoms with E-state index in [1.807, 2.05) is 37.3 Å². The summed E-state index contributed by atoms with van der Waals surface area (Å²) in [6, 6.07) is 20.4. The molecule has 134 valence electrons. The lowest BCUT2D eigenvalue weighted by atomic mass is 10.1. The molecule has 1 amide bonds. The molecule has 4 rings (SSSR count). The summed E-state index contributed by atoms with van der Waals surface area (Å²) in [5.41, 5.74) is 4.59. The number of aryl methyl sites for hydroxylation is 1. The van der Waals surface area contributed by atoms with Crippen molar-refractivity contribution in [3.63, 3.8) is 0 Å². The Balaban J connectivity index is 1.62. The van der Waals surface area contributed by atoms with Gasteiger partial charge in [-0.1, -0.05) is 24.3 Å². The number of fused-ring (bicyclic) bond motifs is 1. The Morgan fingerprint density at radius 1 is 1.04 bits per heavy atom. The molecular formula is C22H18N2O3. The maximum absolute atomic E-state index is 12.5. The van der Waals surface area contributed by atoms with Crippen LogP contribution in [-0.2, 0) is 0 Å². The summed E-state index contributed by atoms with van der Waals surface area (Å²) in [6.45, 7) is 2.02. The fourth-order valence-corrected chi connectivity index (χ4v) is 2.90. The third kappa shape index (κ3) is 3.40. The van der Waals surface area contributed by atoms with E-state index in [9.17, 15) is 4.79 Å². The van der Waals surface area contributed by atoms with Crippen molar-refractivity contribution in [2.75, 3.05) is 12.4 Å². The average Bonchev–Trinajstić information content (AvgIpc) is 3.11. The Labute approximate surface area is 156 Å². The number of hydrogen-bond acceptors (Lipinski definition) is 4. The minimum atomic E-state index is -0.212. The van der Waals surface area contributed by atoms with Crippen LogP contribution in [0, 0.1) is 6.92 Å². The fraction of sp³-hybridized carbons (Fsp3) is 0.0909. The number of methoxy groups -OCH3 is 1. The molecule has 0 aliphatic heterocycles. The maximum Gasteiger partial charge on any atom is 0.255 e. The van der Waals surface area contributed by atoms with Gasteiger partial charge in [0.05, 0.1) is 7.11 Å². The zero-order chi connectivity index (χ0) is 18.8. The lowest BCUT2D eigenvalue weighted by Crippen LogP contribution is -2.11. The molecule has 1 aromatic heterocycles. The molecule has 0 atom stereocenters. The van der Waals surface area contributed by atoms with Crippen LogP contribution < -0.4 is 10.1 Å². The van der Waals surface area contributed by atoms with Crippen molar-refractivity contribution < 1.29 is 13.9 Å². The highest BCUT2D eigenvalue weighted by Crippen LogP contribution is 2.28. The molecule has 3 aromatic carbocycles. The van der Waals surface area contributed by atoms with E-state index in [4.69, 9.17) is 9.15 Å². The number of amides is 1. The normalized spacial score (nSPS) is 10.7. The SMILES string of the molecule is COc1cccc(C(=O)Nc2ccc3oc(-c4ccccc4C)nc3c2)c1. The number of carbonyl (C=O) groups excluding carboxylic acids is 1. The van der Waals surface area contributed by atoms with E-state index in [-0.39, 0.29) is 5.91 Å². The van der Waals surface area contributed by atoms with Crippen LogP contribution in [0.5, 0.6) is 5.75 Å². The minimum Gasteiger partial charge on any atom is -0.497 e. The lowest BCUT2D eigenvalue weighted by molar-refractivity contribution is 0.102. The molecule has 0 aliphatic carbocycles. The Bertz CT molecular complexity index is 1130. The summed E-state index contributed by atoms with van der Waals surface area (Å²) in [5.74, 6) is 0.993. The third-order valence-electron chi connectivity index (χ3n) is 4.35. The van der Waals surface area contributed by atoms with Gasteiger partial charge in [0, 0.05) is 16.8 Å². The molecule has 0 unspecified atom stereocenters. The van der Waals surface area contributed by atoms with Crippen molar-refractivity contribution in [2.24, 2.45) is 0 Å². The van der Waals surface area contributed by atoms with Gasteiger partial charge in [-0.15, -0.1) is 0 Å². The Morgan fingerprint density at radius 3 is 2.70 bits per heavy atom. The first kappa shape index (κ1) is 16.8. The molecule has 5 nitrogen and oxygen atoms in total. The molecule has 0 bridgehead atoms. The first-order valence-electron chi connectivity index (χ1n) is 8.56. The van der Waals surface area contributed by atoms with Crippen molar-refractivity contribution in [3.05, 3.63) is 77.9 Å². The van der Waals surface area contributed by atoms with Gasteiger partial charge in [0.1, 0.15) is 11.3 Å². The number of ether oxygens (including phenoxy) is 1. The van der Waals surface area contributed by atoms with Crippen LogP contribution in [0.25, 0.3) is 22.6 Å². The summed E-state index contributed by atoms with van der Waals surface area (Å²) < 4.78 is 11.0. The first-order chi connectivity index (χ1) is 13.1. The van der Waals surface area contributed by atoms with Crippen LogP contribution in [0.4, 0.5) is 5.69 Å². The van der Waals surface area contributed by atoms with Crippen LogP contribution in [0.2, 0.25) is 0 Å². The van der Waals surface area contributed by atoms with Gasteiger partial charge < -0.3 is 14.5 Å². The number of benzene rings is 3. The molecule has 0 saturated heterocycles. The average molecular weight is 358 g/mol. The number of nitrogens with zero attached hydrogens (tertiary/aromatic N) is 1. The van der Waals surface area contributed by atoms with E-state index < -0.39 is 0 Å². The van der Waals surface area contributed by atoms with Gasteiger partial charge in [-0.3, -0.25) is 4.79 Å². The van der Waals surface area contributed by atoms with Gasteiger partial charge in [0.15, 0.2) is 5.58 Å². The highest BCUT2D eigenvalue weighted by Gasteiger charge is 2.12. The molecule has 0 radical (unpaired) electrons. The van der Waals surface area contributed by atoms with Crippen LogP contribution in [0.3, 0.4) is 0 Å². The number of carbonyl (C=O) groups is 1. The Kier molecular flexibility index (Phi) is 4.34. The predicted octanol–water partition coefficient (Wildman–Crippen LogP) is 5.06. The van der Waals surface area contributed by atoms with Crippen molar-refractivity contribution in [3.8, 4) is 17.2 Å². The third-order valence-corrected chi connectivity index (χ3v) is 4.35. The quantitative estimate of drug-likeness (QED) is 0.553. The fourth-order valence-electron chi connectivity index (χ4n) is 2.90. The van der Waals surface area contributed by atoms with Crippen molar-refractivity contribution in [1.82, 2.24) is 4.98 Å². The highest BCUT2D eigenvalue weighted by atomic mass is 16.5. The van der Waals surface area contributed by atoms with E-state index >= 15 is 0 Å². The second-order valence-corrected chi connectivity index (χ2v) is 6.20. The topological polar surface area (TPSA) is 64.4 Å². The second-order valence-electron chi connectivity index (χ2n) is 6.20. The molecule has 27 heavy (non-hydrogen) atoms. The van der Waals surface area contributed by atoms with Crippen LogP contribution in [0.15, 0.2) is 71.1 Å². The smallest absolute Gasteiger partial charge is 0.255 e. The van der Waals surface area contributed by atoms with Crippen LogP contribution >= 0.6 is 0 Å². The second kappa shape index (κ2) is 6.96. The lowest BCUT2D eigenvalue weighted by Gasteiger charge is -2.06. The van der Waals surface area contributed by atoms with E-state index in [0.29, 0.717) is 34.0 Å². The number of hydrogen-bond donors (Lipinski definition) is 1. The van der Waals surface area contributed by atoms with Crippen LogP contribution in [-0.4, -0.2) is 18.0 Å². The maximum atomic E-state index is 12.5. The minimum absolute atomic E-state index is 0.212. The van der Waals surface area contributed by atoms with Gasteiger partial charge in [0.2, 0.25) is 5.89 Å². The molecule has 5 heteroatoms. The highest BCUT2D eigenvalue weighted by molar-refractivity contribution is 6.05. The zero-order valence-electron chi connectivity index (χ0n) is 15.0. The Hall–Kier alpha value is -3.60. The predicted molar refractivity (Wildman–Crippen MR) is 105 cm³/mol. The van der Waals surface area contributed by atoms with Gasteiger partial charge in [-0.2, -0.15) is 0 Å². The standard InChI is InChI=1S/C22H18N2O3/c1-14-6-3-4-9-18(14)22-24-19-13-16(10-11-20(19)27-22)23-21(25)15-7-5-8-17(12-15)26-2/h3-13H,1-2H3,(H,23,25). The first-order valence-corrected chi connectivity index (χ1v) is 8.56. The number of rotatable bonds is 4. The number of oxazole rings is 1. The molecule has 0 fully saturated rings. The van der Waals surface area contributed by atoms with Gasteiger partial charge in [0.25, 0.3) is 5.91 Å². The number of anilines is 1. The summed E-state index contributed by atoms with van der Waals surface area (Å²) in [6.07, 6.45) is 0. The largest absolute Gasteiger partial charge is 0.497 e. The summed E-state index contributed by atoms with van der Waals surface area (Å²) >= 11 is 0. The molecular weight excluding hydrogens is 340 g/mol. The van der Waals surface area contributed by atoms with E-state index in [0.717, 1.165) is 11.1 Å². The molecule has 0 saturated carbocycles. The number of aromatic nitrogens is 1. The van der Waals surface area contributed by atoms with Crippen molar-refractivity contribution in [1.29, 1.82) is 0 Å². The van der Waals surface area contributed by atoms with Crippen molar-refractivity contribution in [2.45, 2.75) is 6.92 Å². The van der Waals surface area contributed by atoms with Gasteiger partial charge in [-0.25, -0.2) is 4.98 Å². The molecule has 1 heterocycles. The van der Waals surface area contributed by atoms with E-state index in [2.05, 4.69) is 10.3 Å². The van der Waals surface area contributed by atoms with E-state index in [1.54, 1.807) is 43.5 Å². The Morgan fingerprint density at radius 2 is 1.89 bits per heavy atom. The zero-order valence-corrected chi connectivity index (χ0v) is 15.0. The number of nitrogens with one attached hydrogen (secondary N) is 1. The van der Waals surface area contributed by atoms with Crippen molar-refractivity contribution >= 4 is 22.7 Å². The molecule has 1 N–H and O–H groups in total. The van der Waals surface area contributed by atoms with Gasteiger partial charge in [-0.05, 0) is 55.0 Å². The summed E-state index contributed by atoms with van der Waals surface area (Å²) in [7, 11) is 1.57. The summed E-state index contributed by atoms with van der Waals surface area (Å²) in [5, 5.41) is 2.89. The molecule has 4 aromatic rings. The summed E-state index contributed by atoms with van der Waals surface area (Å²) in [4.78, 5) is 17.1. The van der Waals surface area contributed by atoms with Gasteiger partial charge >= 0.3 is 0 Å². The van der Waals surface area contributed by atoms with Crippen LogP contribution in [0.1, 0.15) is 15.9 Å².